The van der Waals surface area contributed by atoms with Crippen LogP contribution in [0.3, 0.4) is 0 Å². The van der Waals surface area contributed by atoms with Crippen LogP contribution < -0.4 is 0 Å². The quantitative estimate of drug-likeness (QED) is 0.706. The number of piperidine rings is 2. The molecule has 23 heavy (non-hydrogen) atoms. The van der Waals surface area contributed by atoms with Gasteiger partial charge in [-0.05, 0) is 95.9 Å². The first-order chi connectivity index (χ1) is 10.8. The first-order valence-corrected chi connectivity index (χ1v) is 10.3. The van der Waals surface area contributed by atoms with Crippen LogP contribution in [0, 0.1) is 23.7 Å². The van der Waals surface area contributed by atoms with E-state index in [1.165, 1.54) is 58.4 Å². The lowest BCUT2D eigenvalue weighted by atomic mass is 9.86. The van der Waals surface area contributed by atoms with Crippen LogP contribution in [0.2, 0.25) is 0 Å². The molecule has 0 N–H and O–H groups in total. The van der Waals surface area contributed by atoms with Gasteiger partial charge in [0.2, 0.25) is 0 Å². The fraction of sp³-hybridized carbons (Fsp3) is 1.00. The predicted molar refractivity (Wildman–Crippen MR) is 104 cm³/mol. The third kappa shape index (κ3) is 7.56. The van der Waals surface area contributed by atoms with Gasteiger partial charge >= 0.3 is 0 Å². The molecule has 2 rings (SSSR count). The Kier molecular flexibility index (Phi) is 9.77. The minimum atomic E-state index is 0.748. The van der Waals surface area contributed by atoms with Crippen molar-refractivity contribution in [3.8, 4) is 0 Å². The van der Waals surface area contributed by atoms with Crippen LogP contribution in [0.5, 0.6) is 0 Å². The van der Waals surface area contributed by atoms with Crippen molar-refractivity contribution >= 4 is 0 Å². The summed E-state index contributed by atoms with van der Waals surface area (Å²) in [5, 5.41) is 0. The zero-order valence-electron chi connectivity index (χ0n) is 17.1. The highest BCUT2D eigenvalue weighted by Gasteiger charge is 2.22. The molecule has 0 bridgehead atoms. The summed E-state index contributed by atoms with van der Waals surface area (Å²) in [5.74, 6) is 3.77. The molecule has 0 saturated carbocycles. The van der Waals surface area contributed by atoms with Crippen molar-refractivity contribution in [1.29, 1.82) is 0 Å². The van der Waals surface area contributed by atoms with E-state index >= 15 is 0 Å². The van der Waals surface area contributed by atoms with E-state index in [4.69, 9.17) is 0 Å². The monoisotopic (exact) mass is 324 g/mol. The van der Waals surface area contributed by atoms with Gasteiger partial charge in [0.05, 0.1) is 0 Å². The second-order valence-electron chi connectivity index (χ2n) is 8.73. The molecule has 2 fully saturated rings. The highest BCUT2D eigenvalue weighted by Crippen LogP contribution is 2.25. The van der Waals surface area contributed by atoms with Crippen LogP contribution in [0.1, 0.15) is 74.1 Å². The summed E-state index contributed by atoms with van der Waals surface area (Å²) in [7, 11) is 0. The highest BCUT2D eigenvalue weighted by atomic mass is 15.1. The summed E-state index contributed by atoms with van der Waals surface area (Å²) in [6.45, 7) is 22.8. The normalized spacial score (nSPS) is 22.7. The van der Waals surface area contributed by atoms with Gasteiger partial charge in [-0.25, -0.2) is 0 Å². The smallest absolute Gasteiger partial charge is 0.00385 e. The van der Waals surface area contributed by atoms with E-state index in [2.05, 4.69) is 58.3 Å². The maximum Gasteiger partial charge on any atom is 0.00385 e. The third-order valence-electron chi connectivity index (χ3n) is 6.27. The molecule has 0 aromatic rings. The standard InChI is InChI=1S/C11H23N.C10H21N/c1-9(2)11-5-7-12(8-6-11)10(3)4;1-4-11-7-5-10(6-8-11)9(2)3/h9-11H,5-8H2,1-4H3;9-10H,4-8H2,1-3H3. The van der Waals surface area contributed by atoms with E-state index in [1.54, 1.807) is 0 Å². The van der Waals surface area contributed by atoms with E-state index in [0.29, 0.717) is 0 Å². The van der Waals surface area contributed by atoms with Crippen LogP contribution in [0.4, 0.5) is 0 Å². The molecule has 0 amide bonds. The minimum absolute atomic E-state index is 0.748. The van der Waals surface area contributed by atoms with Crippen LogP contribution >= 0.6 is 0 Å². The molecule has 0 unspecified atom stereocenters. The van der Waals surface area contributed by atoms with Crippen LogP contribution in [-0.2, 0) is 0 Å². The lowest BCUT2D eigenvalue weighted by Crippen LogP contribution is -2.39. The molecular weight excluding hydrogens is 280 g/mol. The zero-order chi connectivity index (χ0) is 17.4. The molecule has 0 aliphatic carbocycles. The molecule has 0 spiro atoms. The van der Waals surface area contributed by atoms with Gasteiger partial charge in [0.15, 0.2) is 0 Å². The Labute approximate surface area is 147 Å². The molecule has 2 heterocycles. The molecule has 2 heteroatoms. The Morgan fingerprint density at radius 2 is 1.09 bits per heavy atom. The van der Waals surface area contributed by atoms with Gasteiger partial charge in [-0.2, -0.15) is 0 Å². The highest BCUT2D eigenvalue weighted by molar-refractivity contribution is 4.76. The van der Waals surface area contributed by atoms with Crippen molar-refractivity contribution in [3.05, 3.63) is 0 Å². The molecular formula is C21H44N2. The Morgan fingerprint density at radius 3 is 1.39 bits per heavy atom. The minimum Gasteiger partial charge on any atom is -0.304 e. The van der Waals surface area contributed by atoms with E-state index in [9.17, 15) is 0 Å². The van der Waals surface area contributed by atoms with E-state index in [-0.39, 0.29) is 0 Å². The fourth-order valence-corrected chi connectivity index (χ4v) is 4.04. The molecule has 2 nitrogen and oxygen atoms in total. The Bertz CT molecular complexity index is 266. The van der Waals surface area contributed by atoms with Crippen molar-refractivity contribution in [2.45, 2.75) is 80.2 Å². The Hall–Kier alpha value is -0.0800. The fourth-order valence-electron chi connectivity index (χ4n) is 4.04. The van der Waals surface area contributed by atoms with Crippen molar-refractivity contribution in [2.24, 2.45) is 23.7 Å². The Morgan fingerprint density at radius 1 is 0.696 bits per heavy atom. The molecule has 138 valence electrons. The van der Waals surface area contributed by atoms with Crippen LogP contribution in [0.25, 0.3) is 0 Å². The summed E-state index contributed by atoms with van der Waals surface area (Å²) in [6.07, 6.45) is 5.67. The van der Waals surface area contributed by atoms with Gasteiger partial charge < -0.3 is 9.80 Å². The summed E-state index contributed by atoms with van der Waals surface area (Å²) in [6, 6.07) is 0.748. The molecule has 2 aliphatic heterocycles. The van der Waals surface area contributed by atoms with Gasteiger partial charge in [-0.1, -0.05) is 34.6 Å². The second kappa shape index (κ2) is 10.7. The molecule has 2 saturated heterocycles. The first kappa shape index (κ1) is 21.0. The van der Waals surface area contributed by atoms with E-state index in [0.717, 1.165) is 29.7 Å². The van der Waals surface area contributed by atoms with E-state index < -0.39 is 0 Å². The second-order valence-corrected chi connectivity index (χ2v) is 8.73. The average Bonchev–Trinajstić information content (AvgIpc) is 2.55. The van der Waals surface area contributed by atoms with Gasteiger partial charge in [0.25, 0.3) is 0 Å². The maximum atomic E-state index is 2.60. The molecule has 0 aromatic carbocycles. The first-order valence-electron chi connectivity index (χ1n) is 10.3. The van der Waals surface area contributed by atoms with Crippen LogP contribution in [-0.4, -0.2) is 48.6 Å². The lowest BCUT2D eigenvalue weighted by Gasteiger charge is -2.36. The number of hydrogen-bond acceptors (Lipinski definition) is 2. The van der Waals surface area contributed by atoms with Crippen molar-refractivity contribution in [2.75, 3.05) is 32.7 Å². The van der Waals surface area contributed by atoms with Gasteiger partial charge in [0, 0.05) is 6.04 Å². The topological polar surface area (TPSA) is 6.48 Å². The van der Waals surface area contributed by atoms with Crippen molar-refractivity contribution in [1.82, 2.24) is 9.80 Å². The van der Waals surface area contributed by atoms with Crippen LogP contribution in [0.15, 0.2) is 0 Å². The summed E-state index contributed by atoms with van der Waals surface area (Å²) in [4.78, 5) is 5.15. The molecule has 0 radical (unpaired) electrons. The maximum absolute atomic E-state index is 2.60. The molecule has 2 aliphatic rings. The number of hydrogen-bond donors (Lipinski definition) is 0. The lowest BCUT2D eigenvalue weighted by molar-refractivity contribution is 0.129. The van der Waals surface area contributed by atoms with E-state index in [1.807, 2.05) is 0 Å². The average molecular weight is 325 g/mol. The summed E-state index contributed by atoms with van der Waals surface area (Å²) in [5.41, 5.74) is 0. The summed E-state index contributed by atoms with van der Waals surface area (Å²) < 4.78 is 0. The zero-order valence-corrected chi connectivity index (χ0v) is 17.1. The van der Waals surface area contributed by atoms with Crippen molar-refractivity contribution in [3.63, 3.8) is 0 Å². The van der Waals surface area contributed by atoms with Gasteiger partial charge in [-0.3, -0.25) is 0 Å². The number of likely N-dealkylation sites (tertiary alicyclic amines) is 2. The number of nitrogens with zero attached hydrogens (tertiary/aromatic N) is 2. The van der Waals surface area contributed by atoms with Crippen molar-refractivity contribution < 1.29 is 0 Å². The summed E-state index contributed by atoms with van der Waals surface area (Å²) >= 11 is 0. The predicted octanol–water partition coefficient (Wildman–Crippen LogP) is 5.14. The third-order valence-corrected chi connectivity index (χ3v) is 6.27. The van der Waals surface area contributed by atoms with Gasteiger partial charge in [-0.15, -0.1) is 0 Å². The largest absolute Gasteiger partial charge is 0.304 e. The molecule has 0 atom stereocenters. The molecule has 0 aromatic heterocycles. The Balaban J connectivity index is 0.000000231. The SMILES string of the molecule is CC(C)C1CCN(C(C)C)CC1.CCN1CCC(C(C)C)CC1. The number of rotatable bonds is 4. The van der Waals surface area contributed by atoms with Gasteiger partial charge in [0.1, 0.15) is 0 Å².